The van der Waals surface area contributed by atoms with Gasteiger partial charge in [0.05, 0.1) is 0 Å². The van der Waals surface area contributed by atoms with E-state index in [2.05, 4.69) is 0 Å². The van der Waals surface area contributed by atoms with Gasteiger partial charge >= 0.3 is 0 Å². The molecule has 1 aromatic carbocycles. The third kappa shape index (κ3) is 3.61. The minimum Gasteiger partial charge on any atom is -0.481 e. The standard InChI is InChI=1S/C17H23FN2O2.ClH/c1-12-4-5-14(18)15(8-12)22-11-16(21)20-7-3-2-6-17(20)9-13(19)10-17;/h4-5,8,13H,2-3,6-7,9-11,19H2,1H3;1H. The molecule has 1 heterocycles. The highest BCUT2D eigenvalue weighted by molar-refractivity contribution is 5.85. The van der Waals surface area contributed by atoms with E-state index in [-0.39, 0.29) is 42.3 Å². The van der Waals surface area contributed by atoms with Gasteiger partial charge in [-0.1, -0.05) is 6.07 Å². The van der Waals surface area contributed by atoms with Crippen molar-refractivity contribution in [2.75, 3.05) is 13.2 Å². The van der Waals surface area contributed by atoms with Crippen molar-refractivity contribution < 1.29 is 13.9 Å². The summed E-state index contributed by atoms with van der Waals surface area (Å²) >= 11 is 0. The van der Waals surface area contributed by atoms with Crippen LogP contribution in [0.2, 0.25) is 0 Å². The molecule has 3 rings (SSSR count). The lowest BCUT2D eigenvalue weighted by atomic mass is 9.67. The molecule has 0 radical (unpaired) electrons. The molecule has 1 saturated carbocycles. The Labute approximate surface area is 142 Å². The van der Waals surface area contributed by atoms with Crippen LogP contribution in [0.1, 0.15) is 37.7 Å². The van der Waals surface area contributed by atoms with Gasteiger partial charge in [0.2, 0.25) is 0 Å². The molecule has 1 aromatic rings. The Morgan fingerprint density at radius 3 is 2.87 bits per heavy atom. The van der Waals surface area contributed by atoms with E-state index in [1.807, 2.05) is 11.8 Å². The number of benzene rings is 1. The number of rotatable bonds is 3. The van der Waals surface area contributed by atoms with Crippen LogP contribution in [0.4, 0.5) is 4.39 Å². The zero-order valence-electron chi connectivity index (χ0n) is 13.4. The average molecular weight is 343 g/mol. The van der Waals surface area contributed by atoms with Gasteiger partial charge in [-0.15, -0.1) is 12.4 Å². The summed E-state index contributed by atoms with van der Waals surface area (Å²) in [5.74, 6) is -0.352. The van der Waals surface area contributed by atoms with Gasteiger partial charge in [-0.2, -0.15) is 0 Å². The van der Waals surface area contributed by atoms with Gasteiger partial charge in [0.15, 0.2) is 18.2 Å². The van der Waals surface area contributed by atoms with Crippen molar-refractivity contribution in [1.82, 2.24) is 4.90 Å². The second-order valence-corrected chi connectivity index (χ2v) is 6.62. The van der Waals surface area contributed by atoms with Crippen LogP contribution in [-0.4, -0.2) is 35.5 Å². The van der Waals surface area contributed by atoms with E-state index >= 15 is 0 Å². The van der Waals surface area contributed by atoms with Gasteiger partial charge in [0, 0.05) is 18.1 Å². The third-order valence-corrected chi connectivity index (χ3v) is 4.87. The molecule has 4 nitrogen and oxygen atoms in total. The first-order chi connectivity index (χ1) is 10.5. The maximum atomic E-state index is 13.7. The lowest BCUT2D eigenvalue weighted by molar-refractivity contribution is -0.148. The highest BCUT2D eigenvalue weighted by Gasteiger charge is 2.49. The molecule has 2 aliphatic rings. The lowest BCUT2D eigenvalue weighted by Crippen LogP contribution is -2.65. The summed E-state index contributed by atoms with van der Waals surface area (Å²) in [6.45, 7) is 2.51. The molecule has 6 heteroatoms. The smallest absolute Gasteiger partial charge is 0.260 e. The number of nitrogens with zero attached hydrogens (tertiary/aromatic N) is 1. The number of piperidine rings is 1. The van der Waals surface area contributed by atoms with Crippen LogP contribution in [0.3, 0.4) is 0 Å². The minimum atomic E-state index is -0.433. The molecule has 2 fully saturated rings. The largest absolute Gasteiger partial charge is 0.481 e. The number of hydrogen-bond acceptors (Lipinski definition) is 3. The summed E-state index contributed by atoms with van der Waals surface area (Å²) in [6.07, 6.45) is 4.92. The SMILES string of the molecule is Cc1ccc(F)c(OCC(=O)N2CCCCC23CC(N)C3)c1.Cl. The van der Waals surface area contributed by atoms with Gasteiger partial charge in [-0.25, -0.2) is 4.39 Å². The van der Waals surface area contributed by atoms with Crippen LogP contribution >= 0.6 is 12.4 Å². The molecule has 1 spiro atoms. The topological polar surface area (TPSA) is 55.6 Å². The van der Waals surface area contributed by atoms with E-state index in [4.69, 9.17) is 10.5 Å². The van der Waals surface area contributed by atoms with Gasteiger partial charge < -0.3 is 15.4 Å². The molecule has 1 aliphatic heterocycles. The predicted molar refractivity (Wildman–Crippen MR) is 89.4 cm³/mol. The molecular weight excluding hydrogens is 319 g/mol. The molecule has 0 aromatic heterocycles. The summed E-state index contributed by atoms with van der Waals surface area (Å²) in [6, 6.07) is 4.86. The van der Waals surface area contributed by atoms with Crippen LogP contribution in [0.25, 0.3) is 0 Å². The quantitative estimate of drug-likeness (QED) is 0.919. The van der Waals surface area contributed by atoms with Crippen LogP contribution in [0, 0.1) is 12.7 Å². The maximum absolute atomic E-state index is 13.7. The van der Waals surface area contributed by atoms with Gasteiger partial charge in [0.25, 0.3) is 5.91 Å². The zero-order valence-corrected chi connectivity index (χ0v) is 14.2. The van der Waals surface area contributed by atoms with Crippen molar-refractivity contribution in [3.63, 3.8) is 0 Å². The Balaban J connectivity index is 0.00000192. The number of likely N-dealkylation sites (tertiary alicyclic amines) is 1. The second kappa shape index (κ2) is 7.05. The van der Waals surface area contributed by atoms with Crippen LogP contribution in [0.5, 0.6) is 5.75 Å². The molecule has 0 atom stereocenters. The van der Waals surface area contributed by atoms with Crippen molar-refractivity contribution in [1.29, 1.82) is 0 Å². The van der Waals surface area contributed by atoms with Crippen molar-refractivity contribution in [2.24, 2.45) is 5.73 Å². The van der Waals surface area contributed by atoms with Crippen LogP contribution in [0.15, 0.2) is 18.2 Å². The molecule has 128 valence electrons. The monoisotopic (exact) mass is 342 g/mol. The molecule has 1 saturated heterocycles. The van der Waals surface area contributed by atoms with Crippen molar-refractivity contribution in [3.8, 4) is 5.75 Å². The highest BCUT2D eigenvalue weighted by Crippen LogP contribution is 2.43. The van der Waals surface area contributed by atoms with Crippen LogP contribution in [-0.2, 0) is 4.79 Å². The summed E-state index contributed by atoms with van der Waals surface area (Å²) < 4.78 is 19.1. The number of nitrogens with two attached hydrogens (primary N) is 1. The number of carbonyl (C=O) groups excluding carboxylic acids is 1. The molecule has 0 bridgehead atoms. The number of hydrogen-bond donors (Lipinski definition) is 1. The third-order valence-electron chi connectivity index (χ3n) is 4.87. The summed E-state index contributed by atoms with van der Waals surface area (Å²) in [5.41, 5.74) is 6.77. The molecule has 0 unspecified atom stereocenters. The van der Waals surface area contributed by atoms with E-state index in [1.165, 1.54) is 6.07 Å². The Kier molecular flexibility index (Phi) is 5.53. The Bertz CT molecular complexity index is 570. The predicted octanol–water partition coefficient (Wildman–Crippen LogP) is 2.81. The summed E-state index contributed by atoms with van der Waals surface area (Å²) in [7, 11) is 0. The number of halogens is 2. The lowest BCUT2D eigenvalue weighted by Gasteiger charge is -2.55. The van der Waals surface area contributed by atoms with Crippen molar-refractivity contribution >= 4 is 18.3 Å². The fraction of sp³-hybridized carbons (Fsp3) is 0.588. The number of carbonyl (C=O) groups is 1. The van der Waals surface area contributed by atoms with E-state index in [0.29, 0.717) is 0 Å². The van der Waals surface area contributed by atoms with Crippen molar-refractivity contribution in [2.45, 2.75) is 50.6 Å². The second-order valence-electron chi connectivity index (χ2n) is 6.62. The zero-order chi connectivity index (χ0) is 15.7. The number of amides is 1. The first kappa shape index (κ1) is 18.0. The molecule has 1 amide bonds. The first-order valence-electron chi connectivity index (χ1n) is 7.95. The Hall–Kier alpha value is -1.33. The van der Waals surface area contributed by atoms with Crippen molar-refractivity contribution in [3.05, 3.63) is 29.6 Å². The van der Waals surface area contributed by atoms with E-state index in [0.717, 1.165) is 44.2 Å². The summed E-state index contributed by atoms with van der Waals surface area (Å²) in [4.78, 5) is 14.4. The highest BCUT2D eigenvalue weighted by atomic mass is 35.5. The molecule has 23 heavy (non-hydrogen) atoms. The normalized spacial score (nSPS) is 26.4. The molecule has 1 aliphatic carbocycles. The fourth-order valence-electron chi connectivity index (χ4n) is 3.76. The van der Waals surface area contributed by atoms with Gasteiger partial charge in [-0.05, 0) is 56.7 Å². The number of aryl methyl sites for hydroxylation is 1. The Morgan fingerprint density at radius 1 is 1.43 bits per heavy atom. The first-order valence-corrected chi connectivity index (χ1v) is 7.95. The maximum Gasteiger partial charge on any atom is 0.260 e. The Morgan fingerprint density at radius 2 is 2.17 bits per heavy atom. The van der Waals surface area contributed by atoms with E-state index < -0.39 is 5.82 Å². The van der Waals surface area contributed by atoms with E-state index in [9.17, 15) is 9.18 Å². The summed E-state index contributed by atoms with van der Waals surface area (Å²) in [5, 5.41) is 0. The fourth-order valence-corrected chi connectivity index (χ4v) is 3.76. The van der Waals surface area contributed by atoms with E-state index in [1.54, 1.807) is 12.1 Å². The average Bonchev–Trinajstić information content (AvgIpc) is 2.47. The van der Waals surface area contributed by atoms with Crippen LogP contribution < -0.4 is 10.5 Å². The van der Waals surface area contributed by atoms with Gasteiger partial charge in [0.1, 0.15) is 0 Å². The minimum absolute atomic E-state index is 0. The molecule has 2 N–H and O–H groups in total. The van der Waals surface area contributed by atoms with Gasteiger partial charge in [-0.3, -0.25) is 4.79 Å². The molecular formula is C17H24ClFN2O2. The number of ether oxygens (including phenoxy) is 1.